The minimum absolute atomic E-state index is 0.145. The number of rotatable bonds is 9. The van der Waals surface area contributed by atoms with Crippen molar-refractivity contribution in [2.75, 3.05) is 39.8 Å². The average Bonchev–Trinajstić information content (AvgIpc) is 2.43. The molecule has 1 aromatic rings. The predicted octanol–water partition coefficient (Wildman–Crippen LogP) is 2.31. The summed E-state index contributed by atoms with van der Waals surface area (Å²) in [5, 5.41) is 3.19. The number of benzene rings is 1. The van der Waals surface area contributed by atoms with Crippen LogP contribution in [0.1, 0.15) is 25.5 Å². The van der Waals surface area contributed by atoms with Gasteiger partial charge in [-0.2, -0.15) is 0 Å². The molecule has 0 fully saturated rings. The third kappa shape index (κ3) is 5.17. The van der Waals surface area contributed by atoms with Gasteiger partial charge < -0.3 is 15.0 Å². The number of hydrogen-bond donors (Lipinski definition) is 1. The largest absolute Gasteiger partial charge is 0.371 e. The maximum atomic E-state index is 6.00. The zero-order chi connectivity index (χ0) is 13.2. The normalized spacial score (nSPS) is 12.9. The zero-order valence-corrected chi connectivity index (χ0v) is 11.9. The summed E-state index contributed by atoms with van der Waals surface area (Å²) in [6.45, 7) is 9.17. The Morgan fingerprint density at radius 1 is 1.17 bits per heavy atom. The van der Waals surface area contributed by atoms with Crippen LogP contribution in [0.4, 0.5) is 0 Å². The van der Waals surface area contributed by atoms with E-state index in [-0.39, 0.29) is 6.10 Å². The smallest absolute Gasteiger partial charge is 0.0949 e. The standard InChI is InChI=1S/C15H26N2O/c1-4-17(5-2)11-12-18-15(13-16-3)14-9-7-6-8-10-14/h6-10,15-16H,4-5,11-13H2,1-3H3. The highest BCUT2D eigenvalue weighted by molar-refractivity contribution is 5.17. The van der Waals surface area contributed by atoms with E-state index in [9.17, 15) is 0 Å². The molecule has 0 radical (unpaired) electrons. The van der Waals surface area contributed by atoms with Crippen LogP contribution in [0.2, 0.25) is 0 Å². The van der Waals surface area contributed by atoms with Gasteiger partial charge in [0.1, 0.15) is 0 Å². The zero-order valence-electron chi connectivity index (χ0n) is 11.9. The molecule has 0 saturated carbocycles. The quantitative estimate of drug-likeness (QED) is 0.728. The lowest BCUT2D eigenvalue weighted by atomic mass is 10.1. The Labute approximate surface area is 111 Å². The molecule has 0 aliphatic rings. The van der Waals surface area contributed by atoms with E-state index >= 15 is 0 Å². The fourth-order valence-electron chi connectivity index (χ4n) is 1.99. The summed E-state index contributed by atoms with van der Waals surface area (Å²) in [5.41, 5.74) is 1.24. The summed E-state index contributed by atoms with van der Waals surface area (Å²) in [5.74, 6) is 0. The van der Waals surface area contributed by atoms with Gasteiger partial charge in [0.2, 0.25) is 0 Å². The molecule has 0 aliphatic heterocycles. The van der Waals surface area contributed by atoms with Crippen LogP contribution in [0.25, 0.3) is 0 Å². The molecule has 102 valence electrons. The van der Waals surface area contributed by atoms with Gasteiger partial charge in [0.25, 0.3) is 0 Å². The minimum atomic E-state index is 0.145. The Kier molecular flexibility index (Phi) is 7.65. The van der Waals surface area contributed by atoms with Gasteiger partial charge in [-0.3, -0.25) is 0 Å². The number of hydrogen-bond acceptors (Lipinski definition) is 3. The molecule has 0 saturated heterocycles. The molecule has 0 amide bonds. The van der Waals surface area contributed by atoms with Crippen LogP contribution >= 0.6 is 0 Å². The summed E-state index contributed by atoms with van der Waals surface area (Å²) in [7, 11) is 1.96. The monoisotopic (exact) mass is 250 g/mol. The van der Waals surface area contributed by atoms with Crippen LogP contribution in [0, 0.1) is 0 Å². The van der Waals surface area contributed by atoms with E-state index in [1.165, 1.54) is 5.56 Å². The molecule has 0 spiro atoms. The summed E-state index contributed by atoms with van der Waals surface area (Å²) in [6, 6.07) is 10.4. The van der Waals surface area contributed by atoms with Crippen molar-refractivity contribution in [3.63, 3.8) is 0 Å². The Balaban J connectivity index is 2.44. The molecule has 18 heavy (non-hydrogen) atoms. The van der Waals surface area contributed by atoms with Crippen LogP contribution in [-0.2, 0) is 4.74 Å². The highest BCUT2D eigenvalue weighted by Crippen LogP contribution is 2.15. The molecule has 0 bridgehead atoms. The Morgan fingerprint density at radius 2 is 1.83 bits per heavy atom. The molecule has 3 nitrogen and oxygen atoms in total. The highest BCUT2D eigenvalue weighted by Gasteiger charge is 2.10. The first-order valence-electron chi connectivity index (χ1n) is 6.85. The summed E-state index contributed by atoms with van der Waals surface area (Å²) >= 11 is 0. The number of likely N-dealkylation sites (N-methyl/N-ethyl adjacent to an activating group) is 2. The number of ether oxygens (including phenoxy) is 1. The minimum Gasteiger partial charge on any atom is -0.371 e. The average molecular weight is 250 g/mol. The van der Waals surface area contributed by atoms with E-state index in [1.807, 2.05) is 13.1 Å². The number of nitrogens with one attached hydrogen (secondary N) is 1. The fraction of sp³-hybridized carbons (Fsp3) is 0.600. The van der Waals surface area contributed by atoms with Crippen molar-refractivity contribution in [2.45, 2.75) is 20.0 Å². The Bertz CT molecular complexity index is 299. The van der Waals surface area contributed by atoms with Crippen LogP contribution in [0.5, 0.6) is 0 Å². The van der Waals surface area contributed by atoms with Crippen molar-refractivity contribution < 1.29 is 4.74 Å². The van der Waals surface area contributed by atoms with Crippen molar-refractivity contribution in [3.8, 4) is 0 Å². The molecule has 1 unspecified atom stereocenters. The third-order valence-corrected chi connectivity index (χ3v) is 3.18. The molecule has 1 rings (SSSR count). The van der Waals surface area contributed by atoms with Crippen LogP contribution in [0.3, 0.4) is 0 Å². The summed E-state index contributed by atoms with van der Waals surface area (Å²) < 4.78 is 6.00. The van der Waals surface area contributed by atoms with Crippen molar-refractivity contribution in [3.05, 3.63) is 35.9 Å². The molecule has 0 aliphatic carbocycles. The van der Waals surface area contributed by atoms with Gasteiger partial charge in [-0.25, -0.2) is 0 Å². The van der Waals surface area contributed by atoms with Crippen molar-refractivity contribution in [1.82, 2.24) is 10.2 Å². The summed E-state index contributed by atoms with van der Waals surface area (Å²) in [6.07, 6.45) is 0.145. The molecule has 1 atom stereocenters. The Hall–Kier alpha value is -0.900. The molecule has 1 aromatic carbocycles. The fourth-order valence-corrected chi connectivity index (χ4v) is 1.99. The van der Waals surface area contributed by atoms with Gasteiger partial charge in [-0.05, 0) is 25.7 Å². The predicted molar refractivity (Wildman–Crippen MR) is 76.8 cm³/mol. The van der Waals surface area contributed by atoms with Gasteiger partial charge in [0, 0.05) is 13.1 Å². The lowest BCUT2D eigenvalue weighted by molar-refractivity contribution is 0.0393. The molecular weight excluding hydrogens is 224 g/mol. The molecule has 3 heteroatoms. The highest BCUT2D eigenvalue weighted by atomic mass is 16.5. The van der Waals surface area contributed by atoms with Gasteiger partial charge in [-0.1, -0.05) is 44.2 Å². The molecule has 1 N–H and O–H groups in total. The second kappa shape index (κ2) is 9.09. The van der Waals surface area contributed by atoms with E-state index in [1.54, 1.807) is 0 Å². The van der Waals surface area contributed by atoms with E-state index in [0.717, 1.165) is 32.8 Å². The van der Waals surface area contributed by atoms with Crippen molar-refractivity contribution in [1.29, 1.82) is 0 Å². The van der Waals surface area contributed by atoms with E-state index in [0.29, 0.717) is 0 Å². The number of nitrogens with zero attached hydrogens (tertiary/aromatic N) is 1. The van der Waals surface area contributed by atoms with E-state index < -0.39 is 0 Å². The first-order valence-corrected chi connectivity index (χ1v) is 6.85. The van der Waals surface area contributed by atoms with Crippen molar-refractivity contribution in [2.24, 2.45) is 0 Å². The van der Waals surface area contributed by atoms with Crippen LogP contribution in [-0.4, -0.2) is 44.7 Å². The molecular formula is C15H26N2O. The first kappa shape index (κ1) is 15.2. The van der Waals surface area contributed by atoms with Crippen molar-refractivity contribution >= 4 is 0 Å². The van der Waals surface area contributed by atoms with Crippen LogP contribution in [0.15, 0.2) is 30.3 Å². The topological polar surface area (TPSA) is 24.5 Å². The maximum Gasteiger partial charge on any atom is 0.0949 e. The van der Waals surface area contributed by atoms with E-state index in [2.05, 4.69) is 48.3 Å². The van der Waals surface area contributed by atoms with Gasteiger partial charge in [0.15, 0.2) is 0 Å². The van der Waals surface area contributed by atoms with Gasteiger partial charge in [0.05, 0.1) is 12.7 Å². The third-order valence-electron chi connectivity index (χ3n) is 3.18. The lowest BCUT2D eigenvalue weighted by Gasteiger charge is -2.22. The van der Waals surface area contributed by atoms with Gasteiger partial charge >= 0.3 is 0 Å². The van der Waals surface area contributed by atoms with Gasteiger partial charge in [-0.15, -0.1) is 0 Å². The lowest BCUT2D eigenvalue weighted by Crippen LogP contribution is -2.29. The summed E-state index contributed by atoms with van der Waals surface area (Å²) in [4.78, 5) is 2.38. The second-order valence-corrected chi connectivity index (χ2v) is 4.35. The first-order chi connectivity index (χ1) is 8.81. The molecule has 0 heterocycles. The Morgan fingerprint density at radius 3 is 2.39 bits per heavy atom. The second-order valence-electron chi connectivity index (χ2n) is 4.35. The van der Waals surface area contributed by atoms with Crippen LogP contribution < -0.4 is 5.32 Å². The maximum absolute atomic E-state index is 6.00. The molecule has 0 aromatic heterocycles. The van der Waals surface area contributed by atoms with E-state index in [4.69, 9.17) is 4.74 Å². The SMILES string of the molecule is CCN(CC)CCOC(CNC)c1ccccc1.